The van der Waals surface area contributed by atoms with Crippen LogP contribution in [0.2, 0.25) is 0 Å². The number of rotatable bonds is 12. The molecule has 0 amide bonds. The van der Waals surface area contributed by atoms with Crippen molar-refractivity contribution in [1.82, 2.24) is 14.8 Å². The lowest BCUT2D eigenvalue weighted by molar-refractivity contribution is -0.227. The summed E-state index contributed by atoms with van der Waals surface area (Å²) in [6, 6.07) is 9.05. The number of nitrogens with zero attached hydrogens (tertiary/aromatic N) is 3. The van der Waals surface area contributed by atoms with Gasteiger partial charge in [-0.1, -0.05) is 44.2 Å². The number of hydrogen-bond donors (Lipinski definition) is 0. The fourth-order valence-electron chi connectivity index (χ4n) is 5.34. The number of benzene rings is 1. The SMILES string of the molecule is CC(=O)C[C@H](CC(OCc1ccccc1)C(F)(F)F)c1nnc(C2CC(CC(C)C)C2)n1C1CC1. The molecule has 192 valence electrons. The number of Topliss-reactive ketones (excluding diaryl/α,β-unsaturated/α-hetero) is 1. The molecule has 4 rings (SSSR count). The molecule has 2 aliphatic carbocycles. The van der Waals surface area contributed by atoms with E-state index in [0.29, 0.717) is 29.1 Å². The van der Waals surface area contributed by atoms with Gasteiger partial charge in [-0.05, 0) is 62.8 Å². The third kappa shape index (κ3) is 6.72. The molecule has 0 saturated heterocycles. The second-order valence-electron chi connectivity index (χ2n) is 10.8. The zero-order valence-electron chi connectivity index (χ0n) is 20.8. The van der Waals surface area contributed by atoms with E-state index in [4.69, 9.17) is 4.74 Å². The molecule has 8 heteroatoms. The third-order valence-electron chi connectivity index (χ3n) is 7.12. The maximum Gasteiger partial charge on any atom is 0.414 e. The van der Waals surface area contributed by atoms with Gasteiger partial charge in [0.25, 0.3) is 0 Å². The summed E-state index contributed by atoms with van der Waals surface area (Å²) >= 11 is 0. The van der Waals surface area contributed by atoms with E-state index >= 15 is 0 Å². The standard InChI is InChI=1S/C27H36F3N3O2/c1-17(2)11-20-13-22(14-20)26-32-31-25(33(26)23-9-10-23)21(12-18(3)34)15-24(27(28,29)30)35-16-19-7-5-4-6-8-19/h4-8,17,20-24H,9-16H2,1-3H3/t20?,21-,22?,24?/m1/s1. The Kier molecular flexibility index (Phi) is 7.99. The Bertz CT molecular complexity index is 979. The summed E-state index contributed by atoms with van der Waals surface area (Å²) < 4.78 is 49.5. The molecule has 0 aliphatic heterocycles. The summed E-state index contributed by atoms with van der Waals surface area (Å²) in [4.78, 5) is 12.1. The molecule has 5 nitrogen and oxygen atoms in total. The second kappa shape index (κ2) is 10.8. The van der Waals surface area contributed by atoms with Crippen LogP contribution in [0.15, 0.2) is 30.3 Å². The lowest BCUT2D eigenvalue weighted by atomic mass is 9.71. The highest BCUT2D eigenvalue weighted by Gasteiger charge is 2.45. The molecule has 2 aromatic rings. The molecule has 1 unspecified atom stereocenters. The first kappa shape index (κ1) is 25.9. The first-order chi connectivity index (χ1) is 16.6. The number of ether oxygens (including phenoxy) is 1. The highest BCUT2D eigenvalue weighted by Crippen LogP contribution is 2.48. The van der Waals surface area contributed by atoms with Crippen LogP contribution >= 0.6 is 0 Å². The van der Waals surface area contributed by atoms with Crippen LogP contribution in [0.25, 0.3) is 0 Å². The summed E-state index contributed by atoms with van der Waals surface area (Å²) in [5.74, 6) is 2.17. The normalized spacial score (nSPS) is 22.1. The van der Waals surface area contributed by atoms with Crippen LogP contribution < -0.4 is 0 Å². The molecule has 1 aromatic heterocycles. The smallest absolute Gasteiger partial charge is 0.364 e. The molecule has 2 aliphatic rings. The van der Waals surface area contributed by atoms with Gasteiger partial charge in [0, 0.05) is 24.3 Å². The largest absolute Gasteiger partial charge is 0.414 e. The minimum Gasteiger partial charge on any atom is -0.364 e. The van der Waals surface area contributed by atoms with Gasteiger partial charge in [-0.3, -0.25) is 0 Å². The van der Waals surface area contributed by atoms with Crippen molar-refractivity contribution >= 4 is 5.78 Å². The monoisotopic (exact) mass is 491 g/mol. The Morgan fingerprint density at radius 2 is 1.83 bits per heavy atom. The summed E-state index contributed by atoms with van der Waals surface area (Å²) in [7, 11) is 0. The molecule has 2 saturated carbocycles. The van der Waals surface area contributed by atoms with Crippen molar-refractivity contribution in [1.29, 1.82) is 0 Å². The van der Waals surface area contributed by atoms with E-state index in [-0.39, 0.29) is 31.3 Å². The first-order valence-electron chi connectivity index (χ1n) is 12.8. The zero-order chi connectivity index (χ0) is 25.2. The average Bonchev–Trinajstić information content (AvgIpc) is 3.50. The van der Waals surface area contributed by atoms with Gasteiger partial charge in [0.05, 0.1) is 6.61 Å². The Morgan fingerprint density at radius 3 is 2.40 bits per heavy atom. The van der Waals surface area contributed by atoms with Gasteiger partial charge in [-0.2, -0.15) is 13.2 Å². The van der Waals surface area contributed by atoms with Gasteiger partial charge in [0.2, 0.25) is 0 Å². The molecular formula is C27H36F3N3O2. The minimum atomic E-state index is -4.55. The fourth-order valence-corrected chi connectivity index (χ4v) is 5.34. The van der Waals surface area contributed by atoms with Crippen molar-refractivity contribution in [3.8, 4) is 0 Å². The van der Waals surface area contributed by atoms with Crippen LogP contribution in [0.3, 0.4) is 0 Å². The Morgan fingerprint density at radius 1 is 1.14 bits per heavy atom. The lowest BCUT2D eigenvalue weighted by Gasteiger charge is -2.36. The molecule has 35 heavy (non-hydrogen) atoms. The Hall–Kier alpha value is -2.22. The van der Waals surface area contributed by atoms with Crippen LogP contribution in [0, 0.1) is 11.8 Å². The maximum absolute atomic E-state index is 14.0. The predicted octanol–water partition coefficient (Wildman–Crippen LogP) is 6.75. The maximum atomic E-state index is 14.0. The van der Waals surface area contributed by atoms with Gasteiger partial charge < -0.3 is 14.1 Å². The van der Waals surface area contributed by atoms with E-state index in [1.54, 1.807) is 24.3 Å². The number of halogens is 3. The number of alkyl halides is 3. The highest BCUT2D eigenvalue weighted by molar-refractivity contribution is 5.76. The van der Waals surface area contributed by atoms with Crippen LogP contribution in [-0.2, 0) is 16.1 Å². The summed E-state index contributed by atoms with van der Waals surface area (Å²) in [5, 5.41) is 8.89. The third-order valence-corrected chi connectivity index (χ3v) is 7.12. The summed E-state index contributed by atoms with van der Waals surface area (Å²) in [6.45, 7) is 5.72. The van der Waals surface area contributed by atoms with Crippen molar-refractivity contribution in [2.45, 2.75) is 102 Å². The molecule has 0 radical (unpaired) electrons. The van der Waals surface area contributed by atoms with Gasteiger partial charge >= 0.3 is 6.18 Å². The highest BCUT2D eigenvalue weighted by atomic mass is 19.4. The molecule has 1 aromatic carbocycles. The molecule has 2 atom stereocenters. The van der Waals surface area contributed by atoms with Crippen LogP contribution in [0.5, 0.6) is 0 Å². The van der Waals surface area contributed by atoms with E-state index in [1.807, 2.05) is 6.07 Å². The number of hydrogen-bond acceptors (Lipinski definition) is 4. The van der Waals surface area contributed by atoms with E-state index in [9.17, 15) is 18.0 Å². The zero-order valence-corrected chi connectivity index (χ0v) is 20.8. The lowest BCUT2D eigenvalue weighted by Crippen LogP contribution is -2.34. The molecule has 2 fully saturated rings. The average molecular weight is 492 g/mol. The number of ketones is 1. The number of carbonyl (C=O) groups is 1. The quantitative estimate of drug-likeness (QED) is 0.329. The summed E-state index contributed by atoms with van der Waals surface area (Å²) in [5.41, 5.74) is 0.675. The molecule has 0 N–H and O–H groups in total. The molecule has 0 spiro atoms. The van der Waals surface area contributed by atoms with Gasteiger partial charge in [-0.25, -0.2) is 0 Å². The minimum absolute atomic E-state index is 0.00717. The second-order valence-corrected chi connectivity index (χ2v) is 10.8. The van der Waals surface area contributed by atoms with E-state index in [2.05, 4.69) is 28.6 Å². The van der Waals surface area contributed by atoms with Crippen LogP contribution in [0.1, 0.15) is 101 Å². The van der Waals surface area contributed by atoms with Crippen LogP contribution in [-0.4, -0.2) is 32.8 Å². The number of carbonyl (C=O) groups excluding carboxylic acids is 1. The predicted molar refractivity (Wildman–Crippen MR) is 127 cm³/mol. The van der Waals surface area contributed by atoms with Crippen molar-refractivity contribution < 1.29 is 22.7 Å². The molecule has 0 bridgehead atoms. The number of aromatic nitrogens is 3. The van der Waals surface area contributed by atoms with Crippen molar-refractivity contribution in [3.05, 3.63) is 47.5 Å². The van der Waals surface area contributed by atoms with Crippen molar-refractivity contribution in [2.75, 3.05) is 0 Å². The molecular weight excluding hydrogens is 455 g/mol. The summed E-state index contributed by atoms with van der Waals surface area (Å²) in [6.07, 6.45) is -1.67. The van der Waals surface area contributed by atoms with E-state index in [0.717, 1.165) is 31.5 Å². The van der Waals surface area contributed by atoms with Crippen molar-refractivity contribution in [3.63, 3.8) is 0 Å². The Balaban J connectivity index is 1.54. The van der Waals surface area contributed by atoms with E-state index in [1.165, 1.54) is 13.3 Å². The van der Waals surface area contributed by atoms with Gasteiger partial charge in [0.1, 0.15) is 17.4 Å². The van der Waals surface area contributed by atoms with E-state index < -0.39 is 18.2 Å². The van der Waals surface area contributed by atoms with Crippen molar-refractivity contribution in [2.24, 2.45) is 11.8 Å². The topological polar surface area (TPSA) is 57.0 Å². The molecule has 1 heterocycles. The van der Waals surface area contributed by atoms with Gasteiger partial charge in [-0.15, -0.1) is 10.2 Å². The van der Waals surface area contributed by atoms with Gasteiger partial charge in [0.15, 0.2) is 6.10 Å². The Labute approximate surface area is 205 Å². The first-order valence-corrected chi connectivity index (χ1v) is 12.8. The fraction of sp³-hybridized carbons (Fsp3) is 0.667. The van der Waals surface area contributed by atoms with Crippen LogP contribution in [0.4, 0.5) is 13.2 Å².